The number of benzene rings is 1. The smallest absolute Gasteiger partial charge is 0.272 e. The molecule has 5 nitrogen and oxygen atoms in total. The van der Waals surface area contributed by atoms with Crippen LogP contribution in [0, 0.1) is 0 Å². The third kappa shape index (κ3) is 5.92. The summed E-state index contributed by atoms with van der Waals surface area (Å²) >= 11 is 0. The fraction of sp³-hybridized carbons (Fsp3) is 0.294. The molecule has 2 rings (SSSR count). The van der Waals surface area contributed by atoms with Gasteiger partial charge in [-0.2, -0.15) is 0 Å². The van der Waals surface area contributed by atoms with Gasteiger partial charge in [0.15, 0.2) is 6.61 Å². The highest BCUT2D eigenvalue weighted by Crippen LogP contribution is 2.16. The van der Waals surface area contributed by atoms with Crippen molar-refractivity contribution in [3.8, 4) is 5.88 Å². The van der Waals surface area contributed by atoms with Gasteiger partial charge in [-0.1, -0.05) is 30.3 Å². The summed E-state index contributed by atoms with van der Waals surface area (Å²) in [5.41, 5.74) is 1.33. The third-order valence-electron chi connectivity index (χ3n) is 3.21. The molecular formula is C17H18F2N2O3. The number of carbonyl (C=O) groups is 1. The molecule has 0 aliphatic heterocycles. The lowest BCUT2D eigenvalue weighted by molar-refractivity contribution is -0.123. The molecule has 1 aromatic heterocycles. The van der Waals surface area contributed by atoms with Crippen LogP contribution >= 0.6 is 0 Å². The lowest BCUT2D eigenvalue weighted by atomic mass is 10.1. The van der Waals surface area contributed by atoms with Gasteiger partial charge < -0.3 is 15.2 Å². The third-order valence-corrected chi connectivity index (χ3v) is 3.21. The van der Waals surface area contributed by atoms with Gasteiger partial charge in [-0.3, -0.25) is 4.79 Å². The van der Waals surface area contributed by atoms with Crippen LogP contribution in [0.5, 0.6) is 5.88 Å². The second kappa shape index (κ2) is 8.93. The first-order chi connectivity index (χ1) is 11.5. The number of halogens is 2. The molecule has 1 amide bonds. The number of ether oxygens (including phenoxy) is 1. The maximum atomic E-state index is 12.1. The minimum Gasteiger partial charge on any atom is -0.472 e. The van der Waals surface area contributed by atoms with Crippen molar-refractivity contribution in [3.63, 3.8) is 0 Å². The van der Waals surface area contributed by atoms with E-state index in [1.54, 1.807) is 30.3 Å². The zero-order valence-corrected chi connectivity index (χ0v) is 12.9. The highest BCUT2D eigenvalue weighted by molar-refractivity contribution is 5.76. The second-order valence-electron chi connectivity index (χ2n) is 5.11. The standard InChI is InChI=1S/C17H18F2N2O3/c18-15(19)11-24-17-8-12(6-7-20-17)10-21-16(23)9-14(22)13-4-2-1-3-5-13/h1-8,14-15,22H,9-11H2,(H,21,23). The van der Waals surface area contributed by atoms with E-state index in [1.165, 1.54) is 12.3 Å². The topological polar surface area (TPSA) is 71.5 Å². The average molecular weight is 336 g/mol. The Balaban J connectivity index is 1.82. The summed E-state index contributed by atoms with van der Waals surface area (Å²) in [6, 6.07) is 12.0. The van der Waals surface area contributed by atoms with Crippen LogP contribution in [0.1, 0.15) is 23.7 Å². The van der Waals surface area contributed by atoms with E-state index in [0.29, 0.717) is 11.1 Å². The van der Waals surface area contributed by atoms with Crippen LogP contribution in [0.3, 0.4) is 0 Å². The quantitative estimate of drug-likeness (QED) is 0.777. The zero-order chi connectivity index (χ0) is 17.4. The van der Waals surface area contributed by atoms with E-state index in [0.717, 1.165) is 0 Å². The van der Waals surface area contributed by atoms with Crippen molar-refractivity contribution in [2.24, 2.45) is 0 Å². The second-order valence-corrected chi connectivity index (χ2v) is 5.11. The molecule has 1 heterocycles. The molecule has 128 valence electrons. The molecule has 0 bridgehead atoms. The van der Waals surface area contributed by atoms with Crippen molar-refractivity contribution in [1.82, 2.24) is 10.3 Å². The van der Waals surface area contributed by atoms with Crippen LogP contribution in [0.2, 0.25) is 0 Å². The van der Waals surface area contributed by atoms with Crippen LogP contribution in [0.25, 0.3) is 0 Å². The van der Waals surface area contributed by atoms with Crippen molar-refractivity contribution in [1.29, 1.82) is 0 Å². The number of hydrogen-bond donors (Lipinski definition) is 2. The van der Waals surface area contributed by atoms with E-state index in [4.69, 9.17) is 4.74 Å². The van der Waals surface area contributed by atoms with E-state index in [9.17, 15) is 18.7 Å². The maximum Gasteiger partial charge on any atom is 0.272 e. The minimum atomic E-state index is -2.57. The van der Waals surface area contributed by atoms with Crippen molar-refractivity contribution in [2.75, 3.05) is 6.61 Å². The molecule has 0 radical (unpaired) electrons. The van der Waals surface area contributed by atoms with Gasteiger partial charge in [0.05, 0.1) is 12.5 Å². The van der Waals surface area contributed by atoms with E-state index in [2.05, 4.69) is 10.3 Å². The van der Waals surface area contributed by atoms with Crippen LogP contribution in [0.4, 0.5) is 8.78 Å². The Morgan fingerprint density at radius 2 is 2.00 bits per heavy atom. The minimum absolute atomic E-state index is 0.0656. The number of nitrogens with zero attached hydrogens (tertiary/aromatic N) is 1. The van der Waals surface area contributed by atoms with Crippen LogP contribution in [0.15, 0.2) is 48.7 Å². The van der Waals surface area contributed by atoms with E-state index >= 15 is 0 Å². The molecule has 24 heavy (non-hydrogen) atoms. The number of nitrogens with one attached hydrogen (secondary N) is 1. The first-order valence-corrected chi connectivity index (χ1v) is 7.40. The Morgan fingerprint density at radius 1 is 1.25 bits per heavy atom. The van der Waals surface area contributed by atoms with Crippen molar-refractivity contribution < 1.29 is 23.4 Å². The number of rotatable bonds is 8. The summed E-state index contributed by atoms with van der Waals surface area (Å²) in [7, 11) is 0. The van der Waals surface area contributed by atoms with Gasteiger partial charge >= 0.3 is 0 Å². The summed E-state index contributed by atoms with van der Waals surface area (Å²) in [4.78, 5) is 15.7. The Kier molecular flexibility index (Phi) is 6.62. The number of aromatic nitrogens is 1. The van der Waals surface area contributed by atoms with E-state index in [-0.39, 0.29) is 24.8 Å². The lowest BCUT2D eigenvalue weighted by Gasteiger charge is -2.11. The fourth-order valence-electron chi connectivity index (χ4n) is 2.03. The van der Waals surface area contributed by atoms with Crippen molar-refractivity contribution >= 4 is 5.91 Å². The van der Waals surface area contributed by atoms with Crippen molar-refractivity contribution in [2.45, 2.75) is 25.5 Å². The number of aliphatic hydroxyl groups excluding tert-OH is 1. The van der Waals surface area contributed by atoms with E-state index < -0.39 is 19.1 Å². The molecule has 2 aromatic rings. The Bertz CT molecular complexity index is 653. The van der Waals surface area contributed by atoms with Gasteiger partial charge in [0.25, 0.3) is 6.43 Å². The van der Waals surface area contributed by atoms with Gasteiger partial charge in [0.2, 0.25) is 11.8 Å². The van der Waals surface area contributed by atoms with Gasteiger partial charge in [-0.25, -0.2) is 13.8 Å². The summed E-state index contributed by atoms with van der Waals surface area (Å²) in [5, 5.41) is 12.7. The summed E-state index contributed by atoms with van der Waals surface area (Å²) in [6.45, 7) is -0.542. The molecule has 0 aliphatic carbocycles. The normalized spacial score (nSPS) is 12.0. The Morgan fingerprint density at radius 3 is 2.71 bits per heavy atom. The largest absolute Gasteiger partial charge is 0.472 e. The monoisotopic (exact) mass is 336 g/mol. The molecule has 0 saturated carbocycles. The molecule has 1 unspecified atom stereocenters. The average Bonchev–Trinajstić information content (AvgIpc) is 2.59. The summed E-state index contributed by atoms with van der Waals surface area (Å²) in [6.07, 6.45) is -2.10. The van der Waals surface area contributed by atoms with E-state index in [1.807, 2.05) is 6.07 Å². The predicted molar refractivity (Wildman–Crippen MR) is 83.6 cm³/mol. The zero-order valence-electron chi connectivity index (χ0n) is 12.9. The highest BCUT2D eigenvalue weighted by Gasteiger charge is 2.12. The number of hydrogen-bond acceptors (Lipinski definition) is 4. The Labute approximate surface area is 138 Å². The van der Waals surface area contributed by atoms with Gasteiger partial charge in [-0.05, 0) is 17.2 Å². The van der Waals surface area contributed by atoms with Gasteiger partial charge in [0, 0.05) is 18.8 Å². The number of amides is 1. The highest BCUT2D eigenvalue weighted by atomic mass is 19.3. The first kappa shape index (κ1) is 17.8. The fourth-order valence-corrected chi connectivity index (χ4v) is 2.03. The first-order valence-electron chi connectivity index (χ1n) is 7.40. The van der Waals surface area contributed by atoms with Crippen LogP contribution in [-0.4, -0.2) is 29.0 Å². The molecule has 0 spiro atoms. The summed E-state index contributed by atoms with van der Waals surface area (Å²) in [5.74, 6) is -0.246. The maximum absolute atomic E-state index is 12.1. The van der Waals surface area contributed by atoms with Gasteiger partial charge in [0.1, 0.15) is 0 Å². The van der Waals surface area contributed by atoms with Crippen molar-refractivity contribution in [3.05, 3.63) is 59.8 Å². The molecular weight excluding hydrogens is 318 g/mol. The number of aliphatic hydroxyl groups is 1. The molecule has 7 heteroatoms. The summed E-state index contributed by atoms with van der Waals surface area (Å²) < 4.78 is 29.0. The van der Waals surface area contributed by atoms with Crippen LogP contribution < -0.4 is 10.1 Å². The molecule has 2 N–H and O–H groups in total. The number of carbonyl (C=O) groups excluding carboxylic acids is 1. The molecule has 1 atom stereocenters. The lowest BCUT2D eigenvalue weighted by Crippen LogP contribution is -2.24. The number of pyridine rings is 1. The molecule has 0 saturated heterocycles. The predicted octanol–water partition coefficient (Wildman–Crippen LogP) is 2.47. The number of alkyl halides is 2. The van der Waals surface area contributed by atoms with Crippen LogP contribution in [-0.2, 0) is 11.3 Å². The Hall–Kier alpha value is -2.54. The molecule has 0 fully saturated rings. The molecule has 1 aromatic carbocycles. The van der Waals surface area contributed by atoms with Gasteiger partial charge in [-0.15, -0.1) is 0 Å². The SMILES string of the molecule is O=C(CC(O)c1ccccc1)NCc1ccnc(OCC(F)F)c1. The molecule has 0 aliphatic rings.